The van der Waals surface area contributed by atoms with Crippen LogP contribution in [0.4, 0.5) is 22.7 Å². The molecular weight excluding hydrogens is 313 g/mol. The lowest BCUT2D eigenvalue weighted by molar-refractivity contribution is 1.53. The van der Waals surface area contributed by atoms with Crippen molar-refractivity contribution in [2.24, 2.45) is 0 Å². The van der Waals surface area contributed by atoms with Crippen molar-refractivity contribution in [3.05, 3.63) is 46.0 Å². The third-order valence-corrected chi connectivity index (χ3v) is 2.87. The molecule has 5 N–H and O–H groups in total. The number of rotatable bonds is 2. The summed E-state index contributed by atoms with van der Waals surface area (Å²) in [5.74, 6) is 0. The third-order valence-electron chi connectivity index (χ3n) is 2.20. The summed E-state index contributed by atoms with van der Waals surface area (Å²) < 4.78 is 1.19. The first-order valence-electron chi connectivity index (χ1n) is 4.83. The molecule has 0 unspecified atom stereocenters. The molecule has 0 spiro atoms. The van der Waals surface area contributed by atoms with Gasteiger partial charge in [-0.15, -0.1) is 0 Å². The molecule has 0 fully saturated rings. The second-order valence-electron chi connectivity index (χ2n) is 3.48. The Morgan fingerprint density at radius 1 is 0.875 bits per heavy atom. The predicted octanol–water partition coefficient (Wildman–Crippen LogP) is 3.20. The highest BCUT2D eigenvalue weighted by Crippen LogP contribution is 2.23. The number of nitrogens with two attached hydrogens (primary N) is 2. The highest BCUT2D eigenvalue weighted by atomic mass is 127. The average molecular weight is 325 g/mol. The van der Waals surface area contributed by atoms with Gasteiger partial charge in [0.05, 0.1) is 11.4 Å². The van der Waals surface area contributed by atoms with Crippen LogP contribution < -0.4 is 16.8 Å². The Hall–Kier alpha value is -1.43. The van der Waals surface area contributed by atoms with Gasteiger partial charge in [0, 0.05) is 14.9 Å². The van der Waals surface area contributed by atoms with Crippen molar-refractivity contribution in [1.29, 1.82) is 0 Å². The summed E-state index contributed by atoms with van der Waals surface area (Å²) in [5.41, 5.74) is 14.6. The number of hydrogen-bond donors (Lipinski definition) is 3. The van der Waals surface area contributed by atoms with Crippen LogP contribution >= 0.6 is 22.6 Å². The van der Waals surface area contributed by atoms with Gasteiger partial charge in [0.25, 0.3) is 0 Å². The molecule has 3 nitrogen and oxygen atoms in total. The minimum atomic E-state index is 0.593. The van der Waals surface area contributed by atoms with Crippen LogP contribution in [-0.4, -0.2) is 0 Å². The summed E-state index contributed by atoms with van der Waals surface area (Å²) in [4.78, 5) is 0. The fourth-order valence-electron chi connectivity index (χ4n) is 1.39. The molecule has 0 aromatic heterocycles. The molecule has 16 heavy (non-hydrogen) atoms. The second kappa shape index (κ2) is 4.61. The Morgan fingerprint density at radius 3 is 2.31 bits per heavy atom. The van der Waals surface area contributed by atoms with E-state index in [4.69, 9.17) is 11.5 Å². The standard InChI is InChI=1S/C12H12IN3/c13-8-2-1-3-9(6-8)16-10-4-5-11(14)12(15)7-10/h1-7,16H,14-15H2. The topological polar surface area (TPSA) is 64.1 Å². The second-order valence-corrected chi connectivity index (χ2v) is 4.72. The molecule has 2 rings (SSSR count). The number of nitrogen functional groups attached to an aromatic ring is 2. The number of nitrogens with one attached hydrogen (secondary N) is 1. The van der Waals surface area contributed by atoms with Crippen LogP contribution in [0.1, 0.15) is 0 Å². The van der Waals surface area contributed by atoms with Crippen LogP contribution in [-0.2, 0) is 0 Å². The van der Waals surface area contributed by atoms with Crippen LogP contribution in [0.2, 0.25) is 0 Å². The molecule has 0 aliphatic heterocycles. The van der Waals surface area contributed by atoms with E-state index in [1.54, 1.807) is 6.07 Å². The maximum Gasteiger partial charge on any atom is 0.0568 e. The lowest BCUT2D eigenvalue weighted by atomic mass is 10.2. The molecule has 0 heterocycles. The van der Waals surface area contributed by atoms with Crippen molar-refractivity contribution >= 4 is 45.3 Å². The molecule has 2 aromatic rings. The molecule has 4 heteroatoms. The Kier molecular flexibility index (Phi) is 3.19. The van der Waals surface area contributed by atoms with Crippen molar-refractivity contribution in [2.45, 2.75) is 0 Å². The van der Waals surface area contributed by atoms with E-state index in [0.717, 1.165) is 11.4 Å². The lowest BCUT2D eigenvalue weighted by Crippen LogP contribution is -1.96. The normalized spacial score (nSPS) is 10.1. The fraction of sp³-hybridized carbons (Fsp3) is 0. The Balaban J connectivity index is 2.24. The maximum atomic E-state index is 5.74. The van der Waals surface area contributed by atoms with Gasteiger partial charge in [-0.3, -0.25) is 0 Å². The van der Waals surface area contributed by atoms with Crippen molar-refractivity contribution < 1.29 is 0 Å². The van der Waals surface area contributed by atoms with Gasteiger partial charge < -0.3 is 16.8 Å². The predicted molar refractivity (Wildman–Crippen MR) is 77.7 cm³/mol. The molecule has 2 aromatic carbocycles. The zero-order valence-corrected chi connectivity index (χ0v) is 10.7. The van der Waals surface area contributed by atoms with E-state index in [1.165, 1.54) is 3.57 Å². The van der Waals surface area contributed by atoms with E-state index in [0.29, 0.717) is 11.4 Å². The van der Waals surface area contributed by atoms with Gasteiger partial charge in [0.2, 0.25) is 0 Å². The minimum absolute atomic E-state index is 0.593. The molecule has 0 atom stereocenters. The van der Waals surface area contributed by atoms with Crippen LogP contribution in [0.15, 0.2) is 42.5 Å². The Morgan fingerprint density at radius 2 is 1.62 bits per heavy atom. The van der Waals surface area contributed by atoms with E-state index in [1.807, 2.05) is 30.3 Å². The average Bonchev–Trinajstić information content (AvgIpc) is 2.24. The molecule has 0 bridgehead atoms. The van der Waals surface area contributed by atoms with Gasteiger partial charge >= 0.3 is 0 Å². The largest absolute Gasteiger partial charge is 0.397 e. The van der Waals surface area contributed by atoms with Crippen LogP contribution in [0.5, 0.6) is 0 Å². The van der Waals surface area contributed by atoms with E-state index >= 15 is 0 Å². The third kappa shape index (κ3) is 2.57. The zero-order valence-electron chi connectivity index (χ0n) is 8.57. The van der Waals surface area contributed by atoms with E-state index < -0.39 is 0 Å². The van der Waals surface area contributed by atoms with Crippen molar-refractivity contribution in [3.8, 4) is 0 Å². The SMILES string of the molecule is Nc1ccc(Nc2cccc(I)c2)cc1N. The summed E-state index contributed by atoms with van der Waals surface area (Å²) in [6.07, 6.45) is 0. The molecule has 0 amide bonds. The molecule has 0 aliphatic carbocycles. The summed E-state index contributed by atoms with van der Waals surface area (Å²) in [6, 6.07) is 13.7. The first-order chi connectivity index (χ1) is 7.65. The Bertz CT molecular complexity index is 511. The lowest BCUT2D eigenvalue weighted by Gasteiger charge is -2.08. The minimum Gasteiger partial charge on any atom is -0.397 e. The first kappa shape index (κ1) is 11.1. The molecular formula is C12H12IN3. The first-order valence-corrected chi connectivity index (χ1v) is 5.90. The van der Waals surface area contributed by atoms with Gasteiger partial charge in [-0.25, -0.2) is 0 Å². The van der Waals surface area contributed by atoms with E-state index in [9.17, 15) is 0 Å². The quantitative estimate of drug-likeness (QED) is 0.587. The van der Waals surface area contributed by atoms with Crippen molar-refractivity contribution in [1.82, 2.24) is 0 Å². The summed E-state index contributed by atoms with van der Waals surface area (Å²) in [6.45, 7) is 0. The van der Waals surface area contributed by atoms with Gasteiger partial charge in [-0.1, -0.05) is 6.07 Å². The molecule has 0 aliphatic rings. The van der Waals surface area contributed by atoms with Crippen LogP contribution in [0.25, 0.3) is 0 Å². The highest BCUT2D eigenvalue weighted by molar-refractivity contribution is 14.1. The number of halogens is 1. The molecule has 0 radical (unpaired) electrons. The maximum absolute atomic E-state index is 5.74. The van der Waals surface area contributed by atoms with Crippen LogP contribution in [0, 0.1) is 3.57 Å². The smallest absolute Gasteiger partial charge is 0.0568 e. The highest BCUT2D eigenvalue weighted by Gasteiger charge is 1.98. The summed E-state index contributed by atoms with van der Waals surface area (Å²) in [5, 5.41) is 3.27. The monoisotopic (exact) mass is 325 g/mol. The zero-order chi connectivity index (χ0) is 11.5. The van der Waals surface area contributed by atoms with Crippen molar-refractivity contribution in [2.75, 3.05) is 16.8 Å². The van der Waals surface area contributed by atoms with Crippen LogP contribution in [0.3, 0.4) is 0 Å². The van der Waals surface area contributed by atoms with E-state index in [-0.39, 0.29) is 0 Å². The van der Waals surface area contributed by atoms with Crippen molar-refractivity contribution in [3.63, 3.8) is 0 Å². The number of benzene rings is 2. The number of hydrogen-bond acceptors (Lipinski definition) is 3. The van der Waals surface area contributed by atoms with Gasteiger partial charge in [0.1, 0.15) is 0 Å². The fourth-order valence-corrected chi connectivity index (χ4v) is 1.93. The number of anilines is 4. The summed E-state index contributed by atoms with van der Waals surface area (Å²) in [7, 11) is 0. The molecule has 0 saturated carbocycles. The molecule has 0 saturated heterocycles. The van der Waals surface area contributed by atoms with Gasteiger partial charge in [0.15, 0.2) is 0 Å². The molecule has 82 valence electrons. The summed E-state index contributed by atoms with van der Waals surface area (Å²) >= 11 is 2.28. The van der Waals surface area contributed by atoms with E-state index in [2.05, 4.69) is 34.0 Å². The van der Waals surface area contributed by atoms with Gasteiger partial charge in [-0.2, -0.15) is 0 Å². The van der Waals surface area contributed by atoms with Gasteiger partial charge in [-0.05, 0) is 59.0 Å². The Labute approximate surface area is 108 Å².